The van der Waals surface area contributed by atoms with Crippen LogP contribution in [0.2, 0.25) is 0 Å². The van der Waals surface area contributed by atoms with Gasteiger partial charge in [0, 0.05) is 41.6 Å². The molecule has 0 aromatic heterocycles. The van der Waals surface area contributed by atoms with Crippen molar-refractivity contribution in [3.05, 3.63) is 94.5 Å². The second-order valence-corrected chi connectivity index (χ2v) is 14.7. The van der Waals surface area contributed by atoms with Gasteiger partial charge in [0.05, 0.1) is 17.3 Å². The first-order valence-electron chi connectivity index (χ1n) is 14.4. The van der Waals surface area contributed by atoms with Crippen molar-refractivity contribution in [2.75, 3.05) is 25.5 Å². The zero-order valence-corrected chi connectivity index (χ0v) is 27.2. The van der Waals surface area contributed by atoms with Crippen LogP contribution in [0.1, 0.15) is 57.3 Å². The maximum Gasteiger partial charge on any atom is 0.252 e. The fourth-order valence-corrected chi connectivity index (χ4v) is 6.65. The molecular formula is C33H39BrN2O6S. The van der Waals surface area contributed by atoms with Crippen LogP contribution in [0.25, 0.3) is 0 Å². The minimum atomic E-state index is -3.73. The lowest BCUT2D eigenvalue weighted by molar-refractivity contribution is -0.129. The second kappa shape index (κ2) is 14.1. The van der Waals surface area contributed by atoms with E-state index < -0.39 is 21.5 Å². The molecule has 1 amide bonds. The monoisotopic (exact) mass is 670 g/mol. The van der Waals surface area contributed by atoms with E-state index in [1.807, 2.05) is 24.3 Å². The van der Waals surface area contributed by atoms with Gasteiger partial charge in [-0.05, 0) is 54.3 Å². The van der Waals surface area contributed by atoms with Crippen molar-refractivity contribution in [3.8, 4) is 5.75 Å². The second-order valence-electron chi connectivity index (χ2n) is 11.8. The summed E-state index contributed by atoms with van der Waals surface area (Å²) in [4.78, 5) is 19.3. The van der Waals surface area contributed by atoms with E-state index in [1.54, 1.807) is 54.6 Å². The van der Waals surface area contributed by atoms with Gasteiger partial charge in [0.15, 0.2) is 21.5 Å². The molecule has 0 saturated carbocycles. The molecule has 0 aliphatic carbocycles. The van der Waals surface area contributed by atoms with Gasteiger partial charge >= 0.3 is 0 Å². The number of halogens is 1. The van der Waals surface area contributed by atoms with Gasteiger partial charge < -0.3 is 19.9 Å². The Kier molecular flexibility index (Phi) is 10.7. The Morgan fingerprint density at radius 2 is 1.72 bits per heavy atom. The molecule has 0 unspecified atom stereocenters. The maximum absolute atomic E-state index is 14.2. The van der Waals surface area contributed by atoms with Crippen molar-refractivity contribution in [2.45, 2.75) is 56.6 Å². The van der Waals surface area contributed by atoms with Gasteiger partial charge in [-0.1, -0.05) is 73.1 Å². The van der Waals surface area contributed by atoms with Gasteiger partial charge in [0.1, 0.15) is 5.75 Å². The van der Waals surface area contributed by atoms with E-state index in [-0.39, 0.29) is 40.9 Å². The standard InChI is InChI=1S/C33H39BrN2O6S/c1-32(2,3)18-20-35-31(38)33(19-23-43(39,40)26-10-5-4-6-11-26)29(27-12-7-8-13-28(27)34)42-30(36-33)24-14-16-25(17-15-24)41-22-9-21-37/h4-8,10-17,29,37H,9,18-23H2,1-3H3,(H,35,38)/t29-,33-/m1/s1. The third-order valence-corrected chi connectivity index (χ3v) is 9.69. The molecule has 8 nitrogen and oxygen atoms in total. The van der Waals surface area contributed by atoms with Crippen LogP contribution in [0.4, 0.5) is 0 Å². The lowest BCUT2D eigenvalue weighted by atomic mass is 9.84. The van der Waals surface area contributed by atoms with Crippen molar-refractivity contribution in [2.24, 2.45) is 10.4 Å². The molecule has 1 heterocycles. The first kappa shape index (κ1) is 32.7. The van der Waals surface area contributed by atoms with Crippen molar-refractivity contribution >= 4 is 37.6 Å². The minimum absolute atomic E-state index is 0.0133. The molecule has 1 aliphatic heterocycles. The van der Waals surface area contributed by atoms with E-state index >= 15 is 0 Å². The summed E-state index contributed by atoms with van der Waals surface area (Å²) in [6.07, 6.45) is 0.262. The number of aliphatic imine (C=N–C) groups is 1. The number of rotatable bonds is 13. The first-order chi connectivity index (χ1) is 20.4. The number of sulfone groups is 1. The lowest BCUT2D eigenvalue weighted by Gasteiger charge is -2.31. The van der Waals surface area contributed by atoms with E-state index in [0.29, 0.717) is 36.4 Å². The zero-order valence-electron chi connectivity index (χ0n) is 24.8. The SMILES string of the molecule is CC(C)(C)CCNC(=O)[C@]1(CCS(=O)(=O)c2ccccc2)N=C(c2ccc(OCCCO)cc2)O[C@@H]1c1ccccc1Br. The summed E-state index contributed by atoms with van der Waals surface area (Å²) in [7, 11) is -3.73. The number of carbonyl (C=O) groups is 1. The molecule has 0 spiro atoms. The summed E-state index contributed by atoms with van der Waals surface area (Å²) >= 11 is 3.61. The summed E-state index contributed by atoms with van der Waals surface area (Å²) in [5, 5.41) is 12.1. The highest BCUT2D eigenvalue weighted by atomic mass is 79.9. The van der Waals surface area contributed by atoms with Crippen molar-refractivity contribution in [1.82, 2.24) is 5.32 Å². The van der Waals surface area contributed by atoms with Gasteiger partial charge in [-0.15, -0.1) is 0 Å². The Labute approximate surface area is 262 Å². The van der Waals surface area contributed by atoms with Crippen LogP contribution in [0.15, 0.2) is 93.2 Å². The van der Waals surface area contributed by atoms with E-state index in [4.69, 9.17) is 19.6 Å². The number of nitrogens with one attached hydrogen (secondary N) is 1. The predicted molar refractivity (Wildman–Crippen MR) is 171 cm³/mol. The molecule has 0 saturated heterocycles. The summed E-state index contributed by atoms with van der Waals surface area (Å²) in [5.74, 6) is 0.173. The van der Waals surface area contributed by atoms with E-state index in [9.17, 15) is 13.2 Å². The maximum atomic E-state index is 14.2. The smallest absolute Gasteiger partial charge is 0.252 e. The van der Waals surface area contributed by atoms with Gasteiger partial charge in [0.2, 0.25) is 5.90 Å². The Bertz CT molecular complexity index is 1520. The number of ether oxygens (including phenoxy) is 2. The average Bonchev–Trinajstić information content (AvgIpc) is 3.37. The van der Waals surface area contributed by atoms with Crippen molar-refractivity contribution in [3.63, 3.8) is 0 Å². The Morgan fingerprint density at radius 3 is 2.37 bits per heavy atom. The summed E-state index contributed by atoms with van der Waals surface area (Å²) in [6, 6.07) is 22.8. The molecule has 4 rings (SSSR count). The van der Waals surface area contributed by atoms with Gasteiger partial charge in [-0.25, -0.2) is 13.4 Å². The number of aliphatic hydroxyl groups is 1. The van der Waals surface area contributed by atoms with E-state index in [0.717, 1.165) is 10.9 Å². The van der Waals surface area contributed by atoms with Crippen LogP contribution >= 0.6 is 15.9 Å². The van der Waals surface area contributed by atoms with Crippen LogP contribution in [0.3, 0.4) is 0 Å². The van der Waals surface area contributed by atoms with Crippen molar-refractivity contribution < 1.29 is 27.8 Å². The number of aliphatic hydroxyl groups excluding tert-OH is 1. The number of amides is 1. The Balaban J connectivity index is 1.76. The molecule has 10 heteroatoms. The quantitative estimate of drug-likeness (QED) is 0.220. The van der Waals surface area contributed by atoms with Crippen LogP contribution in [-0.4, -0.2) is 56.4 Å². The summed E-state index contributed by atoms with van der Waals surface area (Å²) in [5.41, 5.74) is -0.259. The van der Waals surface area contributed by atoms with Crippen LogP contribution in [-0.2, 0) is 19.4 Å². The van der Waals surface area contributed by atoms with Gasteiger partial charge in [0.25, 0.3) is 5.91 Å². The minimum Gasteiger partial charge on any atom is -0.494 e. The molecule has 1 aliphatic rings. The lowest BCUT2D eigenvalue weighted by Crippen LogP contribution is -2.50. The summed E-state index contributed by atoms with van der Waals surface area (Å²) in [6.45, 7) is 7.11. The zero-order chi connectivity index (χ0) is 31.1. The third-order valence-electron chi connectivity index (χ3n) is 7.23. The van der Waals surface area contributed by atoms with Crippen molar-refractivity contribution in [1.29, 1.82) is 0 Å². The molecule has 0 radical (unpaired) electrons. The highest BCUT2D eigenvalue weighted by Gasteiger charge is 2.54. The Hall–Kier alpha value is -3.21. The molecule has 3 aromatic rings. The molecule has 0 bridgehead atoms. The third kappa shape index (κ3) is 8.25. The highest BCUT2D eigenvalue weighted by Crippen LogP contribution is 2.45. The predicted octanol–water partition coefficient (Wildman–Crippen LogP) is 5.88. The fraction of sp³-hybridized carbons (Fsp3) is 0.394. The van der Waals surface area contributed by atoms with Gasteiger partial charge in [-0.3, -0.25) is 4.79 Å². The molecule has 43 heavy (non-hydrogen) atoms. The Morgan fingerprint density at radius 1 is 1.05 bits per heavy atom. The van der Waals surface area contributed by atoms with Crippen LogP contribution in [0.5, 0.6) is 5.75 Å². The number of nitrogens with zero attached hydrogens (tertiary/aromatic N) is 1. The van der Waals surface area contributed by atoms with Gasteiger partial charge in [-0.2, -0.15) is 0 Å². The topological polar surface area (TPSA) is 114 Å². The highest BCUT2D eigenvalue weighted by molar-refractivity contribution is 9.10. The number of benzene rings is 3. The molecule has 2 N–H and O–H groups in total. The largest absolute Gasteiger partial charge is 0.494 e. The normalized spacial score (nSPS) is 18.5. The van der Waals surface area contributed by atoms with Crippen LogP contribution in [0, 0.1) is 5.41 Å². The number of hydrogen-bond donors (Lipinski definition) is 2. The van der Waals surface area contributed by atoms with E-state index in [2.05, 4.69) is 42.0 Å². The first-order valence-corrected chi connectivity index (χ1v) is 16.8. The molecule has 230 valence electrons. The molecular weight excluding hydrogens is 632 g/mol. The molecule has 3 aromatic carbocycles. The molecule has 0 fully saturated rings. The molecule has 2 atom stereocenters. The average molecular weight is 672 g/mol. The fourth-order valence-electron chi connectivity index (χ4n) is 4.77. The van der Waals surface area contributed by atoms with E-state index in [1.165, 1.54) is 0 Å². The van der Waals surface area contributed by atoms with Crippen LogP contribution < -0.4 is 10.1 Å². The number of hydrogen-bond acceptors (Lipinski definition) is 7. The number of carbonyl (C=O) groups excluding carboxylic acids is 1. The summed E-state index contributed by atoms with van der Waals surface area (Å²) < 4.78 is 39.8.